The highest BCUT2D eigenvalue weighted by molar-refractivity contribution is 7.17. The number of amides is 1. The molecule has 1 aromatic heterocycles. The lowest BCUT2D eigenvalue weighted by Crippen LogP contribution is -2.27. The molecule has 0 aromatic carbocycles. The fraction of sp³-hybridized carbons (Fsp3) is 0.526. The maximum atomic E-state index is 11.6. The summed E-state index contributed by atoms with van der Waals surface area (Å²) in [6, 6.07) is 0. The molecule has 0 bridgehead atoms. The van der Waals surface area contributed by atoms with Gasteiger partial charge in [-0.25, -0.2) is 14.6 Å². The van der Waals surface area contributed by atoms with Crippen molar-refractivity contribution in [1.29, 1.82) is 0 Å². The number of allylic oxidation sites excluding steroid dienone is 4. The number of nitrogens with zero attached hydrogens (tertiary/aromatic N) is 1. The van der Waals surface area contributed by atoms with Crippen molar-refractivity contribution in [3.05, 3.63) is 34.9 Å². The van der Waals surface area contributed by atoms with Crippen molar-refractivity contribution in [2.45, 2.75) is 60.5 Å². The maximum absolute atomic E-state index is 11.6. The molecule has 0 radical (unpaired) electrons. The normalized spacial score (nSPS) is 11.2. The average molecular weight is 383 g/mol. The van der Waals surface area contributed by atoms with Gasteiger partial charge in [-0.1, -0.05) is 42.6 Å². The van der Waals surface area contributed by atoms with E-state index in [-0.39, 0.29) is 0 Å². The van der Waals surface area contributed by atoms with Crippen molar-refractivity contribution >= 4 is 28.5 Å². The number of carbonyl (C=O) groups is 2. The van der Waals surface area contributed by atoms with Gasteiger partial charge in [0.05, 0.1) is 12.3 Å². The van der Waals surface area contributed by atoms with E-state index < -0.39 is 17.7 Å². The summed E-state index contributed by atoms with van der Waals surface area (Å²) in [5.41, 5.74) is -0.0603. The van der Waals surface area contributed by atoms with Gasteiger partial charge in [0.25, 0.3) is 0 Å². The molecule has 0 aliphatic rings. The van der Waals surface area contributed by atoms with Gasteiger partial charge in [0.15, 0.2) is 5.13 Å². The fourth-order valence-corrected chi connectivity index (χ4v) is 2.40. The van der Waals surface area contributed by atoms with E-state index in [1.165, 1.54) is 0 Å². The number of aromatic nitrogens is 1. The number of hydrogen-bond donors (Lipinski definition) is 1. The first-order valence-electron chi connectivity index (χ1n) is 8.56. The molecule has 7 heteroatoms. The topological polar surface area (TPSA) is 77.5 Å². The van der Waals surface area contributed by atoms with Crippen molar-refractivity contribution in [2.24, 2.45) is 0 Å². The molecule has 0 unspecified atom stereocenters. The minimum Gasteiger partial charge on any atom is -0.462 e. The minimum absolute atomic E-state index is 0.297. The van der Waals surface area contributed by atoms with Crippen molar-refractivity contribution in [1.82, 2.24) is 4.98 Å². The second kappa shape index (κ2) is 12.2. The van der Waals surface area contributed by atoms with Gasteiger partial charge in [0.2, 0.25) is 0 Å². The summed E-state index contributed by atoms with van der Waals surface area (Å²) in [5.74, 6) is -0.435. The lowest BCUT2D eigenvalue weighted by Gasteiger charge is -2.18. The van der Waals surface area contributed by atoms with Crippen LogP contribution >= 0.6 is 11.3 Å². The molecule has 0 fully saturated rings. The van der Waals surface area contributed by atoms with Crippen LogP contribution in [-0.4, -0.2) is 29.3 Å². The molecule has 0 atom stereocenters. The van der Waals surface area contributed by atoms with E-state index in [1.807, 2.05) is 19.1 Å². The summed E-state index contributed by atoms with van der Waals surface area (Å²) in [5, 5.41) is 2.81. The highest BCUT2D eigenvalue weighted by Crippen LogP contribution is 2.24. The second-order valence-electron chi connectivity index (χ2n) is 6.14. The first kappa shape index (κ1) is 23.9. The Morgan fingerprint density at radius 3 is 2.38 bits per heavy atom. The van der Waals surface area contributed by atoms with Gasteiger partial charge in [-0.05, 0) is 48.0 Å². The van der Waals surface area contributed by atoms with Crippen LogP contribution in [0.5, 0.6) is 0 Å². The van der Waals surface area contributed by atoms with Gasteiger partial charge in [-0.3, -0.25) is 5.32 Å². The number of nitrogens with one attached hydrogen (secondary N) is 1. The number of esters is 1. The van der Waals surface area contributed by atoms with Crippen molar-refractivity contribution in [2.75, 3.05) is 11.9 Å². The quantitative estimate of drug-likeness (QED) is 0.537. The standard InChI is InChI=1S/C12H18N2O4S.C7H12/c1-6-17-9(15)8-7(2)13-10(19-8)14-11(16)18-12(3,4)5;1-3-5-7-6-4-2/h6H2,1-5H3,(H,13,14,16);3,5-7H,4H2,1-2H3/b;5-3-,7-6-. The van der Waals surface area contributed by atoms with Gasteiger partial charge in [0.1, 0.15) is 10.5 Å². The SMILES string of the molecule is C/C=C\C=C/CC.CCOC(=O)c1sc(NC(=O)OC(C)(C)C)nc1C. The number of aryl methyl sites for hydroxylation is 1. The first-order chi connectivity index (χ1) is 12.1. The van der Waals surface area contributed by atoms with Crippen molar-refractivity contribution in [3.63, 3.8) is 0 Å². The third-order valence-corrected chi connectivity index (χ3v) is 3.59. The molecule has 0 saturated carbocycles. The number of thiazole rings is 1. The van der Waals surface area contributed by atoms with E-state index in [4.69, 9.17) is 9.47 Å². The Bertz CT molecular complexity index is 628. The van der Waals surface area contributed by atoms with E-state index in [2.05, 4.69) is 29.4 Å². The third-order valence-electron chi connectivity index (χ3n) is 2.54. The molecule has 1 heterocycles. The highest BCUT2D eigenvalue weighted by Gasteiger charge is 2.20. The van der Waals surface area contributed by atoms with E-state index in [1.54, 1.807) is 34.6 Å². The summed E-state index contributed by atoms with van der Waals surface area (Å²) in [6.45, 7) is 13.2. The number of anilines is 1. The van der Waals surface area contributed by atoms with Gasteiger partial charge in [0, 0.05) is 0 Å². The Labute approximate surface area is 160 Å². The van der Waals surface area contributed by atoms with Crippen LogP contribution in [0.15, 0.2) is 24.3 Å². The highest BCUT2D eigenvalue weighted by atomic mass is 32.1. The van der Waals surface area contributed by atoms with Crippen molar-refractivity contribution < 1.29 is 19.1 Å². The van der Waals surface area contributed by atoms with Crippen LogP contribution in [0.3, 0.4) is 0 Å². The molecule has 26 heavy (non-hydrogen) atoms. The fourth-order valence-electron chi connectivity index (χ4n) is 1.55. The Balaban J connectivity index is 0.000000758. The molecule has 6 nitrogen and oxygen atoms in total. The lowest BCUT2D eigenvalue weighted by molar-refractivity contribution is 0.0530. The monoisotopic (exact) mass is 382 g/mol. The summed E-state index contributed by atoms with van der Waals surface area (Å²) >= 11 is 1.06. The zero-order valence-corrected chi connectivity index (χ0v) is 17.5. The van der Waals surface area contributed by atoms with E-state index in [9.17, 15) is 9.59 Å². The summed E-state index contributed by atoms with van der Waals surface area (Å²) in [7, 11) is 0. The van der Waals surface area contributed by atoms with E-state index in [0.29, 0.717) is 22.3 Å². The predicted octanol–water partition coefficient (Wildman–Crippen LogP) is 5.50. The van der Waals surface area contributed by atoms with Gasteiger partial charge < -0.3 is 9.47 Å². The minimum atomic E-state index is -0.600. The third kappa shape index (κ3) is 10.7. The van der Waals surface area contributed by atoms with Gasteiger partial charge >= 0.3 is 12.1 Å². The van der Waals surface area contributed by atoms with E-state index >= 15 is 0 Å². The Hall–Kier alpha value is -2.15. The molecular formula is C19H30N2O4S. The molecule has 0 saturated heterocycles. The van der Waals surface area contributed by atoms with Crippen LogP contribution < -0.4 is 5.32 Å². The molecule has 0 aliphatic heterocycles. The van der Waals surface area contributed by atoms with E-state index in [0.717, 1.165) is 17.8 Å². The van der Waals surface area contributed by atoms with Gasteiger partial charge in [-0.15, -0.1) is 0 Å². The number of hydrogen-bond acceptors (Lipinski definition) is 6. The zero-order valence-electron chi connectivity index (χ0n) is 16.7. The van der Waals surface area contributed by atoms with Crippen LogP contribution in [-0.2, 0) is 9.47 Å². The second-order valence-corrected chi connectivity index (χ2v) is 7.14. The summed E-state index contributed by atoms with van der Waals surface area (Å²) < 4.78 is 9.99. The molecule has 0 spiro atoms. The Morgan fingerprint density at radius 2 is 1.88 bits per heavy atom. The molecule has 1 aromatic rings. The largest absolute Gasteiger partial charge is 0.462 e. The smallest absolute Gasteiger partial charge is 0.413 e. The van der Waals surface area contributed by atoms with Crippen LogP contribution in [0.1, 0.15) is 63.3 Å². The number of carbonyl (C=O) groups excluding carboxylic acids is 2. The molecule has 1 N–H and O–H groups in total. The number of ether oxygens (including phenoxy) is 2. The Kier molecular flexibility index (Phi) is 11.2. The van der Waals surface area contributed by atoms with Crippen LogP contribution in [0.2, 0.25) is 0 Å². The zero-order chi connectivity index (χ0) is 20.2. The molecule has 146 valence electrons. The van der Waals surface area contributed by atoms with Crippen LogP contribution in [0, 0.1) is 6.92 Å². The van der Waals surface area contributed by atoms with Gasteiger partial charge in [-0.2, -0.15) is 0 Å². The average Bonchev–Trinajstić information content (AvgIpc) is 2.87. The van der Waals surface area contributed by atoms with Crippen LogP contribution in [0.4, 0.5) is 9.93 Å². The Morgan fingerprint density at radius 1 is 1.23 bits per heavy atom. The molecule has 1 rings (SSSR count). The number of rotatable bonds is 5. The molecular weight excluding hydrogens is 352 g/mol. The van der Waals surface area contributed by atoms with Crippen LogP contribution in [0.25, 0.3) is 0 Å². The first-order valence-corrected chi connectivity index (χ1v) is 9.38. The molecule has 1 amide bonds. The lowest BCUT2D eigenvalue weighted by atomic mass is 10.2. The predicted molar refractivity (Wildman–Crippen MR) is 107 cm³/mol. The summed E-state index contributed by atoms with van der Waals surface area (Å²) in [4.78, 5) is 27.6. The van der Waals surface area contributed by atoms with Crippen molar-refractivity contribution in [3.8, 4) is 0 Å². The molecule has 0 aliphatic carbocycles. The summed E-state index contributed by atoms with van der Waals surface area (Å²) in [6.07, 6.45) is 8.76. The maximum Gasteiger partial charge on any atom is 0.413 e.